The summed E-state index contributed by atoms with van der Waals surface area (Å²) in [6, 6.07) is 9.22. The highest BCUT2D eigenvalue weighted by atomic mass is 32.2. The highest BCUT2D eigenvalue weighted by Crippen LogP contribution is 2.34. The van der Waals surface area contributed by atoms with E-state index in [9.17, 15) is 31.1 Å². The molecule has 0 amide bonds. The summed E-state index contributed by atoms with van der Waals surface area (Å²) in [6.45, 7) is -0.734. The third-order valence-corrected chi connectivity index (χ3v) is 4.93. The van der Waals surface area contributed by atoms with Crippen molar-refractivity contribution in [3.8, 4) is 16.9 Å². The lowest BCUT2D eigenvalue weighted by molar-refractivity contribution is -0.141. The molecule has 3 rings (SSSR count). The second kappa shape index (κ2) is 7.00. The van der Waals surface area contributed by atoms with Gasteiger partial charge in [-0.1, -0.05) is 12.1 Å². The predicted molar refractivity (Wildman–Crippen MR) is 91.3 cm³/mol. The molecule has 1 aromatic heterocycles. The van der Waals surface area contributed by atoms with Crippen molar-refractivity contribution in [2.75, 3.05) is 0 Å². The van der Waals surface area contributed by atoms with Gasteiger partial charge in [0, 0.05) is 5.56 Å². The summed E-state index contributed by atoms with van der Waals surface area (Å²) in [7, 11) is -4.16. The van der Waals surface area contributed by atoms with Crippen LogP contribution < -0.4 is 5.14 Å². The number of nitrogens with two attached hydrogens (primary N) is 1. The van der Waals surface area contributed by atoms with Gasteiger partial charge in [-0.05, 0) is 42.0 Å². The number of benzene rings is 2. The number of aliphatic hydroxyl groups excluding tert-OH is 1. The molecule has 3 aromatic rings. The largest absolute Gasteiger partial charge is 0.435 e. The summed E-state index contributed by atoms with van der Waals surface area (Å²) in [5.74, 6) is -0.763. The zero-order valence-corrected chi connectivity index (χ0v) is 14.8. The van der Waals surface area contributed by atoms with E-state index < -0.39 is 34.3 Å². The van der Waals surface area contributed by atoms with Gasteiger partial charge in [-0.25, -0.2) is 22.6 Å². The Morgan fingerprint density at radius 2 is 1.79 bits per heavy atom. The Morgan fingerprint density at radius 1 is 1.11 bits per heavy atom. The third-order valence-electron chi connectivity index (χ3n) is 3.92. The molecule has 0 radical (unpaired) electrons. The minimum absolute atomic E-state index is 0.00907. The minimum atomic E-state index is -4.79. The standard InChI is InChI=1S/C17H13F4N3O3S/c18-13-4-2-1-3-12(13)14-8-16(17(19,20)21)23-24(14)11-5-6-15(28(22,26)27)10(7-11)9-25/h1-8,25H,9H2,(H2,22,26,27). The van der Waals surface area contributed by atoms with E-state index in [-0.39, 0.29) is 27.4 Å². The van der Waals surface area contributed by atoms with E-state index >= 15 is 0 Å². The molecule has 28 heavy (non-hydrogen) atoms. The van der Waals surface area contributed by atoms with Gasteiger partial charge in [-0.15, -0.1) is 0 Å². The Morgan fingerprint density at radius 3 is 2.36 bits per heavy atom. The van der Waals surface area contributed by atoms with Crippen molar-refractivity contribution in [2.24, 2.45) is 5.14 Å². The molecule has 0 spiro atoms. The molecule has 11 heteroatoms. The second-order valence-electron chi connectivity index (χ2n) is 5.80. The van der Waals surface area contributed by atoms with Crippen LogP contribution in [0.1, 0.15) is 11.3 Å². The van der Waals surface area contributed by atoms with Gasteiger partial charge in [0.1, 0.15) is 5.82 Å². The van der Waals surface area contributed by atoms with Crippen molar-refractivity contribution in [3.05, 3.63) is 65.6 Å². The molecule has 3 N–H and O–H groups in total. The van der Waals surface area contributed by atoms with Gasteiger partial charge in [-0.2, -0.15) is 18.3 Å². The fourth-order valence-electron chi connectivity index (χ4n) is 2.68. The molecule has 6 nitrogen and oxygen atoms in total. The smallest absolute Gasteiger partial charge is 0.392 e. The van der Waals surface area contributed by atoms with Crippen LogP contribution >= 0.6 is 0 Å². The van der Waals surface area contributed by atoms with E-state index in [0.29, 0.717) is 6.07 Å². The minimum Gasteiger partial charge on any atom is -0.392 e. The first kappa shape index (κ1) is 20.0. The number of aromatic nitrogens is 2. The second-order valence-corrected chi connectivity index (χ2v) is 7.33. The first-order valence-corrected chi connectivity index (χ1v) is 9.26. The van der Waals surface area contributed by atoms with Crippen LogP contribution in [0.5, 0.6) is 0 Å². The van der Waals surface area contributed by atoms with Crippen LogP contribution in [0, 0.1) is 5.82 Å². The quantitative estimate of drug-likeness (QED) is 0.641. The molecule has 0 aliphatic heterocycles. The maximum Gasteiger partial charge on any atom is 0.435 e. The molecule has 0 aliphatic rings. The van der Waals surface area contributed by atoms with Crippen molar-refractivity contribution < 1.29 is 31.1 Å². The van der Waals surface area contributed by atoms with Crippen molar-refractivity contribution in [1.29, 1.82) is 0 Å². The predicted octanol–water partition coefficient (Wildman–Crippen LogP) is 2.84. The molecule has 0 fully saturated rings. The summed E-state index contributed by atoms with van der Waals surface area (Å²) in [5.41, 5.74) is -1.73. The number of halogens is 4. The number of hydrogen-bond acceptors (Lipinski definition) is 4. The highest BCUT2D eigenvalue weighted by molar-refractivity contribution is 7.89. The average molecular weight is 415 g/mol. The van der Waals surface area contributed by atoms with Crippen LogP contribution in [-0.4, -0.2) is 23.3 Å². The van der Waals surface area contributed by atoms with Gasteiger partial charge < -0.3 is 5.11 Å². The number of sulfonamides is 1. The fraction of sp³-hybridized carbons (Fsp3) is 0.118. The van der Waals surface area contributed by atoms with Gasteiger partial charge in [-0.3, -0.25) is 0 Å². The van der Waals surface area contributed by atoms with Crippen LogP contribution in [0.2, 0.25) is 0 Å². The van der Waals surface area contributed by atoms with Gasteiger partial charge >= 0.3 is 6.18 Å². The van der Waals surface area contributed by atoms with Crippen molar-refractivity contribution in [2.45, 2.75) is 17.7 Å². The van der Waals surface area contributed by atoms with E-state index in [2.05, 4.69) is 5.10 Å². The number of hydrogen-bond donors (Lipinski definition) is 2. The van der Waals surface area contributed by atoms with Crippen molar-refractivity contribution in [3.63, 3.8) is 0 Å². The number of rotatable bonds is 4. The SMILES string of the molecule is NS(=O)(=O)c1ccc(-n2nc(C(F)(F)F)cc2-c2ccccc2F)cc1CO. The Bertz CT molecular complexity index is 1140. The average Bonchev–Trinajstić information content (AvgIpc) is 3.06. The maximum absolute atomic E-state index is 14.2. The molecule has 2 aromatic carbocycles. The topological polar surface area (TPSA) is 98.2 Å². The zero-order valence-electron chi connectivity index (χ0n) is 14.0. The molecule has 0 atom stereocenters. The number of alkyl halides is 3. The Kier molecular flexibility index (Phi) is 5.00. The first-order chi connectivity index (χ1) is 13.0. The molecule has 0 bridgehead atoms. The van der Waals surface area contributed by atoms with Crippen LogP contribution in [0.25, 0.3) is 16.9 Å². The van der Waals surface area contributed by atoms with E-state index in [1.165, 1.54) is 18.2 Å². The van der Waals surface area contributed by atoms with Crippen molar-refractivity contribution in [1.82, 2.24) is 9.78 Å². The summed E-state index contributed by atoms with van der Waals surface area (Å²) in [4.78, 5) is -0.380. The zero-order chi connectivity index (χ0) is 20.7. The lowest BCUT2D eigenvalue weighted by atomic mass is 10.1. The Balaban J connectivity index is 2.27. The number of primary sulfonamides is 1. The molecule has 0 unspecified atom stereocenters. The number of nitrogens with zero attached hydrogens (tertiary/aromatic N) is 2. The first-order valence-electron chi connectivity index (χ1n) is 7.71. The Hall–Kier alpha value is -2.76. The molecule has 0 saturated heterocycles. The summed E-state index contributed by atoms with van der Waals surface area (Å²) < 4.78 is 77.7. The molecule has 0 saturated carbocycles. The molecule has 148 valence electrons. The highest BCUT2D eigenvalue weighted by Gasteiger charge is 2.35. The molecule has 0 aliphatic carbocycles. The van der Waals surface area contributed by atoms with Gasteiger partial charge in [0.05, 0.1) is 22.9 Å². The third kappa shape index (κ3) is 3.77. The number of aliphatic hydroxyl groups is 1. The van der Waals surface area contributed by atoms with Crippen molar-refractivity contribution >= 4 is 10.0 Å². The van der Waals surface area contributed by atoms with E-state index in [1.54, 1.807) is 0 Å². The van der Waals surface area contributed by atoms with Crippen LogP contribution in [-0.2, 0) is 22.8 Å². The van der Waals surface area contributed by atoms with E-state index in [1.807, 2.05) is 0 Å². The van der Waals surface area contributed by atoms with Crippen LogP contribution in [0.3, 0.4) is 0 Å². The van der Waals surface area contributed by atoms with Gasteiger partial charge in [0.2, 0.25) is 10.0 Å². The normalized spacial score (nSPS) is 12.4. The fourth-order valence-corrected chi connectivity index (χ4v) is 3.42. The van der Waals surface area contributed by atoms with E-state index in [4.69, 9.17) is 5.14 Å². The summed E-state index contributed by atoms with van der Waals surface area (Å²) in [6.07, 6.45) is -4.79. The summed E-state index contributed by atoms with van der Waals surface area (Å²) in [5, 5.41) is 18.0. The van der Waals surface area contributed by atoms with E-state index in [0.717, 1.165) is 28.9 Å². The lowest BCUT2D eigenvalue weighted by Gasteiger charge is -2.12. The monoisotopic (exact) mass is 415 g/mol. The molecular formula is C17H13F4N3O3S. The van der Waals surface area contributed by atoms with Gasteiger partial charge in [0.25, 0.3) is 0 Å². The van der Waals surface area contributed by atoms with Crippen LogP contribution in [0.4, 0.5) is 17.6 Å². The van der Waals surface area contributed by atoms with Gasteiger partial charge in [0.15, 0.2) is 5.69 Å². The molecular weight excluding hydrogens is 402 g/mol. The summed E-state index contributed by atoms with van der Waals surface area (Å²) >= 11 is 0. The van der Waals surface area contributed by atoms with Crippen LogP contribution in [0.15, 0.2) is 53.4 Å². The molecule has 1 heterocycles. The Labute approximate surface area is 156 Å². The lowest BCUT2D eigenvalue weighted by Crippen LogP contribution is -2.15. The maximum atomic E-state index is 14.2.